The van der Waals surface area contributed by atoms with Crippen LogP contribution >= 0.6 is 35.0 Å². The molecule has 0 radical (unpaired) electrons. The number of ether oxygens (including phenoxy) is 1. The highest BCUT2D eigenvalue weighted by Crippen LogP contribution is 2.32. The first-order valence-electron chi connectivity index (χ1n) is 9.56. The Balaban J connectivity index is 1.57. The van der Waals surface area contributed by atoms with Crippen LogP contribution in [0.15, 0.2) is 53.7 Å². The number of thioether (sulfide) groups is 1. The van der Waals surface area contributed by atoms with Crippen LogP contribution in [0.2, 0.25) is 10.0 Å². The van der Waals surface area contributed by atoms with Gasteiger partial charge in [0.2, 0.25) is 0 Å². The zero-order chi connectivity index (χ0) is 20.1. The van der Waals surface area contributed by atoms with Crippen LogP contribution in [-0.4, -0.2) is 58.3 Å². The highest BCUT2D eigenvalue weighted by atomic mass is 35.5. The maximum absolute atomic E-state index is 6.46. The Labute approximate surface area is 185 Å². The van der Waals surface area contributed by atoms with E-state index >= 15 is 0 Å². The smallest absolute Gasteiger partial charge is 0.191 e. The van der Waals surface area contributed by atoms with E-state index in [4.69, 9.17) is 27.9 Å². The summed E-state index contributed by atoms with van der Waals surface area (Å²) >= 11 is 14.3. The summed E-state index contributed by atoms with van der Waals surface area (Å²) in [6.07, 6.45) is 0. The van der Waals surface area contributed by atoms with E-state index in [0.29, 0.717) is 16.6 Å². The van der Waals surface area contributed by atoms with Gasteiger partial charge >= 0.3 is 0 Å². The molecule has 1 saturated heterocycles. The molecule has 152 valence electrons. The molecule has 3 aromatic rings. The monoisotopic (exact) mass is 448 g/mol. The minimum Gasteiger partial charge on any atom is -0.379 e. The summed E-state index contributed by atoms with van der Waals surface area (Å²) in [5.74, 6) is 1.70. The number of hydrogen-bond donors (Lipinski definition) is 0. The summed E-state index contributed by atoms with van der Waals surface area (Å²) in [5.41, 5.74) is 2.02. The van der Waals surface area contributed by atoms with E-state index in [9.17, 15) is 0 Å². The van der Waals surface area contributed by atoms with Crippen molar-refractivity contribution in [2.45, 2.75) is 11.7 Å². The van der Waals surface area contributed by atoms with Gasteiger partial charge in [0.1, 0.15) is 0 Å². The van der Waals surface area contributed by atoms with Crippen LogP contribution < -0.4 is 0 Å². The number of hydrogen-bond acceptors (Lipinski definition) is 5. The lowest BCUT2D eigenvalue weighted by Gasteiger charge is -2.26. The first-order chi connectivity index (χ1) is 14.2. The molecule has 1 aliphatic heterocycles. The summed E-state index contributed by atoms with van der Waals surface area (Å²) in [4.78, 5) is 2.42. The Morgan fingerprint density at radius 1 is 1.00 bits per heavy atom. The Morgan fingerprint density at radius 2 is 1.79 bits per heavy atom. The van der Waals surface area contributed by atoms with Crippen LogP contribution in [0.5, 0.6) is 0 Å². The maximum Gasteiger partial charge on any atom is 0.191 e. The predicted octanol–water partition coefficient (Wildman–Crippen LogP) is 4.72. The number of halogens is 2. The Morgan fingerprint density at radius 3 is 2.55 bits per heavy atom. The standard InChI is InChI=1S/C21H22Cl2N4OS/c22-17-6-7-18(19(23)14-17)20-24-25-21(27(20)15-16-4-2-1-3-5-16)29-13-10-26-8-11-28-12-9-26/h1-7,14H,8-13,15H2. The van der Waals surface area contributed by atoms with Crippen LogP contribution in [0, 0.1) is 0 Å². The van der Waals surface area contributed by atoms with Crippen LogP contribution in [0.25, 0.3) is 11.4 Å². The van der Waals surface area contributed by atoms with Gasteiger partial charge in [0.15, 0.2) is 11.0 Å². The van der Waals surface area contributed by atoms with Crippen molar-refractivity contribution in [3.63, 3.8) is 0 Å². The molecular weight excluding hydrogens is 427 g/mol. The van der Waals surface area contributed by atoms with Crippen molar-refractivity contribution in [1.82, 2.24) is 19.7 Å². The number of aromatic nitrogens is 3. The van der Waals surface area contributed by atoms with E-state index in [1.165, 1.54) is 5.56 Å². The molecule has 0 spiro atoms. The molecule has 1 aromatic heterocycles. The van der Waals surface area contributed by atoms with Crippen molar-refractivity contribution in [3.05, 3.63) is 64.1 Å². The molecule has 0 atom stereocenters. The van der Waals surface area contributed by atoms with Gasteiger partial charge in [-0.05, 0) is 23.8 Å². The largest absolute Gasteiger partial charge is 0.379 e. The normalized spacial score (nSPS) is 15.0. The topological polar surface area (TPSA) is 43.2 Å². The molecule has 0 amide bonds. The van der Waals surface area contributed by atoms with Gasteiger partial charge in [-0.1, -0.05) is 65.3 Å². The Hall–Kier alpha value is -1.57. The fraction of sp³-hybridized carbons (Fsp3) is 0.333. The third-order valence-corrected chi connectivity index (χ3v) is 6.31. The van der Waals surface area contributed by atoms with E-state index in [0.717, 1.165) is 55.1 Å². The van der Waals surface area contributed by atoms with Gasteiger partial charge in [-0.2, -0.15) is 0 Å². The average Bonchev–Trinajstić information content (AvgIpc) is 3.12. The van der Waals surface area contributed by atoms with Crippen LogP contribution in [0.4, 0.5) is 0 Å². The Bertz CT molecular complexity index is 945. The zero-order valence-electron chi connectivity index (χ0n) is 15.9. The van der Waals surface area contributed by atoms with Gasteiger partial charge < -0.3 is 4.74 Å². The minimum atomic E-state index is 0.573. The molecule has 1 fully saturated rings. The second-order valence-electron chi connectivity index (χ2n) is 6.80. The van der Waals surface area contributed by atoms with Gasteiger partial charge in [0, 0.05) is 36.0 Å². The fourth-order valence-electron chi connectivity index (χ4n) is 3.26. The molecule has 2 heterocycles. The zero-order valence-corrected chi connectivity index (χ0v) is 18.3. The molecule has 0 bridgehead atoms. The molecule has 2 aromatic carbocycles. The second kappa shape index (κ2) is 9.96. The van der Waals surface area contributed by atoms with Gasteiger partial charge in [-0.15, -0.1) is 10.2 Å². The van der Waals surface area contributed by atoms with E-state index in [1.807, 2.05) is 30.3 Å². The predicted molar refractivity (Wildman–Crippen MR) is 119 cm³/mol. The van der Waals surface area contributed by atoms with Crippen molar-refractivity contribution in [2.75, 3.05) is 38.6 Å². The average molecular weight is 449 g/mol. The van der Waals surface area contributed by atoms with Crippen molar-refractivity contribution in [2.24, 2.45) is 0 Å². The molecule has 8 heteroatoms. The molecule has 0 unspecified atom stereocenters. The molecule has 0 N–H and O–H groups in total. The van der Waals surface area contributed by atoms with Crippen molar-refractivity contribution >= 4 is 35.0 Å². The second-order valence-corrected chi connectivity index (χ2v) is 8.71. The van der Waals surface area contributed by atoms with Crippen molar-refractivity contribution in [3.8, 4) is 11.4 Å². The Kier molecular flexibility index (Phi) is 7.11. The van der Waals surface area contributed by atoms with Crippen molar-refractivity contribution in [1.29, 1.82) is 0 Å². The molecule has 29 heavy (non-hydrogen) atoms. The lowest BCUT2D eigenvalue weighted by molar-refractivity contribution is 0.0410. The minimum absolute atomic E-state index is 0.573. The highest BCUT2D eigenvalue weighted by Gasteiger charge is 2.18. The maximum atomic E-state index is 6.46. The van der Waals surface area contributed by atoms with Gasteiger partial charge in [0.05, 0.1) is 24.8 Å². The molecule has 1 aliphatic rings. The summed E-state index contributed by atoms with van der Waals surface area (Å²) in [5, 5.41) is 11.0. The van der Waals surface area contributed by atoms with Crippen molar-refractivity contribution < 1.29 is 4.74 Å². The molecule has 4 rings (SSSR count). The third kappa shape index (κ3) is 5.32. The molecule has 0 aliphatic carbocycles. The summed E-state index contributed by atoms with van der Waals surface area (Å²) < 4.78 is 7.56. The summed E-state index contributed by atoms with van der Waals surface area (Å²) in [7, 11) is 0. The SMILES string of the molecule is Clc1ccc(-c2nnc(SCCN3CCOCC3)n2Cc2ccccc2)c(Cl)c1. The van der Waals surface area contributed by atoms with Crippen LogP contribution in [-0.2, 0) is 11.3 Å². The first kappa shape index (κ1) is 20.7. The summed E-state index contributed by atoms with van der Waals surface area (Å²) in [6.45, 7) is 5.29. The van der Waals surface area contributed by atoms with Gasteiger partial charge in [-0.25, -0.2) is 0 Å². The number of rotatable bonds is 7. The molecule has 5 nitrogen and oxygen atoms in total. The fourth-order valence-corrected chi connectivity index (χ4v) is 4.70. The number of morpholine rings is 1. The lowest BCUT2D eigenvalue weighted by Crippen LogP contribution is -2.37. The first-order valence-corrected chi connectivity index (χ1v) is 11.3. The molecule has 0 saturated carbocycles. The van der Waals surface area contributed by atoms with E-state index in [1.54, 1.807) is 17.8 Å². The van der Waals surface area contributed by atoms with Gasteiger partial charge in [0.25, 0.3) is 0 Å². The summed E-state index contributed by atoms with van der Waals surface area (Å²) in [6, 6.07) is 15.8. The lowest BCUT2D eigenvalue weighted by atomic mass is 10.2. The third-order valence-electron chi connectivity index (χ3n) is 4.81. The van der Waals surface area contributed by atoms with Gasteiger partial charge in [-0.3, -0.25) is 9.47 Å². The quantitative estimate of drug-likeness (QED) is 0.489. The van der Waals surface area contributed by atoms with E-state index in [2.05, 4.69) is 31.8 Å². The molecular formula is C21H22Cl2N4OS. The van der Waals surface area contributed by atoms with Crippen LogP contribution in [0.3, 0.4) is 0 Å². The van der Waals surface area contributed by atoms with E-state index < -0.39 is 0 Å². The number of benzene rings is 2. The highest BCUT2D eigenvalue weighted by molar-refractivity contribution is 7.99. The van der Waals surface area contributed by atoms with E-state index in [-0.39, 0.29) is 0 Å². The number of nitrogens with zero attached hydrogens (tertiary/aromatic N) is 4. The van der Waals surface area contributed by atoms with Crippen LogP contribution in [0.1, 0.15) is 5.56 Å².